The lowest BCUT2D eigenvalue weighted by Gasteiger charge is -2.12. The number of likely N-dealkylation sites (N-methyl/N-ethyl adjacent to an activating group) is 1. The summed E-state index contributed by atoms with van der Waals surface area (Å²) in [4.78, 5) is 11.8. The highest BCUT2D eigenvalue weighted by molar-refractivity contribution is 7.80. The molecule has 0 saturated heterocycles. The number of benzene rings is 1. The normalized spacial score (nSPS) is 10.3. The molecule has 1 rings (SSSR count). The van der Waals surface area contributed by atoms with Crippen LogP contribution in [0.4, 0.5) is 11.4 Å². The van der Waals surface area contributed by atoms with Gasteiger partial charge in [-0.25, -0.2) is 0 Å². The van der Waals surface area contributed by atoms with E-state index in [4.69, 9.17) is 12.2 Å². The number of thiocarbonyl (C=S) groups is 1. The highest BCUT2D eigenvalue weighted by Crippen LogP contribution is 2.22. The summed E-state index contributed by atoms with van der Waals surface area (Å²) < 4.78 is 0. The van der Waals surface area contributed by atoms with Crippen molar-refractivity contribution in [3.63, 3.8) is 0 Å². The molecular formula is C12H19N4O2S+. The number of rotatable bonds is 5. The van der Waals surface area contributed by atoms with Crippen molar-refractivity contribution in [2.75, 3.05) is 32.5 Å². The van der Waals surface area contributed by atoms with Crippen molar-refractivity contribution in [1.29, 1.82) is 0 Å². The summed E-state index contributed by atoms with van der Waals surface area (Å²) in [6.45, 7) is 3.40. The molecule has 1 aromatic carbocycles. The van der Waals surface area contributed by atoms with Crippen LogP contribution in [0.15, 0.2) is 18.2 Å². The molecule has 0 unspecified atom stereocenters. The number of anilines is 1. The van der Waals surface area contributed by atoms with Gasteiger partial charge in [0.2, 0.25) is 0 Å². The maximum absolute atomic E-state index is 10.8. The van der Waals surface area contributed by atoms with Gasteiger partial charge in [-0.2, -0.15) is 0 Å². The van der Waals surface area contributed by atoms with Gasteiger partial charge in [0, 0.05) is 17.3 Å². The molecule has 3 N–H and O–H groups in total. The van der Waals surface area contributed by atoms with Crippen molar-refractivity contribution in [2.24, 2.45) is 0 Å². The average molecular weight is 283 g/mol. The minimum Gasteiger partial charge on any atom is -0.357 e. The molecule has 104 valence electrons. The summed E-state index contributed by atoms with van der Waals surface area (Å²) in [6, 6.07) is 4.96. The molecule has 0 aromatic heterocycles. The first-order valence-electron chi connectivity index (χ1n) is 5.99. The van der Waals surface area contributed by atoms with Crippen molar-refractivity contribution in [1.82, 2.24) is 5.32 Å². The second kappa shape index (κ2) is 7.01. The van der Waals surface area contributed by atoms with E-state index in [2.05, 4.69) is 24.7 Å². The van der Waals surface area contributed by atoms with Crippen molar-refractivity contribution >= 4 is 28.7 Å². The Morgan fingerprint density at radius 3 is 2.74 bits per heavy atom. The van der Waals surface area contributed by atoms with Gasteiger partial charge < -0.3 is 15.5 Å². The van der Waals surface area contributed by atoms with Crippen molar-refractivity contribution in [3.05, 3.63) is 33.9 Å². The second-order valence-electron chi connectivity index (χ2n) is 4.60. The Balaban J connectivity index is 2.60. The van der Waals surface area contributed by atoms with E-state index < -0.39 is 4.92 Å². The van der Waals surface area contributed by atoms with Gasteiger partial charge in [0.15, 0.2) is 5.11 Å². The van der Waals surface area contributed by atoms with E-state index in [1.54, 1.807) is 19.1 Å². The summed E-state index contributed by atoms with van der Waals surface area (Å²) in [6.07, 6.45) is 0. The van der Waals surface area contributed by atoms with Crippen molar-refractivity contribution < 1.29 is 9.82 Å². The Hall–Kier alpha value is -1.73. The highest BCUT2D eigenvalue weighted by Gasteiger charge is 2.11. The summed E-state index contributed by atoms with van der Waals surface area (Å²) in [5.74, 6) is 0. The Labute approximate surface area is 117 Å². The molecule has 0 atom stereocenters. The zero-order valence-electron chi connectivity index (χ0n) is 11.3. The van der Waals surface area contributed by atoms with E-state index in [9.17, 15) is 10.1 Å². The van der Waals surface area contributed by atoms with Gasteiger partial charge in [0.1, 0.15) is 0 Å². The predicted molar refractivity (Wildman–Crippen MR) is 79.7 cm³/mol. The fourth-order valence-corrected chi connectivity index (χ4v) is 1.71. The third-order valence-corrected chi connectivity index (χ3v) is 2.82. The van der Waals surface area contributed by atoms with Gasteiger partial charge in [0.25, 0.3) is 5.69 Å². The summed E-state index contributed by atoms with van der Waals surface area (Å²) in [7, 11) is 4.11. The minimum atomic E-state index is -0.396. The lowest BCUT2D eigenvalue weighted by atomic mass is 10.2. The fraction of sp³-hybridized carbons (Fsp3) is 0.417. The molecule has 0 saturated carbocycles. The second-order valence-corrected chi connectivity index (χ2v) is 5.00. The lowest BCUT2D eigenvalue weighted by Crippen LogP contribution is -3.06. The van der Waals surface area contributed by atoms with E-state index in [0.29, 0.717) is 16.4 Å². The maximum Gasteiger partial charge on any atom is 0.274 e. The average Bonchev–Trinajstić information content (AvgIpc) is 2.30. The first-order valence-corrected chi connectivity index (χ1v) is 6.40. The zero-order valence-corrected chi connectivity index (χ0v) is 12.1. The van der Waals surface area contributed by atoms with Gasteiger partial charge in [-0.15, -0.1) is 0 Å². The van der Waals surface area contributed by atoms with Crippen LogP contribution in [0.25, 0.3) is 0 Å². The first-order chi connectivity index (χ1) is 8.90. The zero-order chi connectivity index (χ0) is 14.4. The van der Waals surface area contributed by atoms with Gasteiger partial charge >= 0.3 is 0 Å². The largest absolute Gasteiger partial charge is 0.357 e. The summed E-state index contributed by atoms with van der Waals surface area (Å²) in [5.41, 5.74) is 1.34. The monoisotopic (exact) mass is 283 g/mol. The van der Waals surface area contributed by atoms with Gasteiger partial charge in [-0.3, -0.25) is 10.1 Å². The van der Waals surface area contributed by atoms with Crippen LogP contribution in [0, 0.1) is 17.0 Å². The molecule has 0 radical (unpaired) electrons. The van der Waals surface area contributed by atoms with Crippen LogP contribution >= 0.6 is 12.2 Å². The molecule has 0 aliphatic rings. The smallest absolute Gasteiger partial charge is 0.274 e. The van der Waals surface area contributed by atoms with Gasteiger partial charge in [-0.1, -0.05) is 6.07 Å². The molecule has 0 aliphatic carbocycles. The Bertz CT molecular complexity index is 477. The molecule has 19 heavy (non-hydrogen) atoms. The number of nitrogens with one attached hydrogen (secondary N) is 3. The number of hydrogen-bond donors (Lipinski definition) is 3. The van der Waals surface area contributed by atoms with E-state index in [0.717, 1.165) is 13.1 Å². The quantitative estimate of drug-likeness (QED) is 0.413. The number of nitro benzene ring substituents is 1. The number of aryl methyl sites for hydroxylation is 1. The van der Waals surface area contributed by atoms with Crippen LogP contribution in [-0.4, -0.2) is 37.2 Å². The molecule has 0 fully saturated rings. The van der Waals surface area contributed by atoms with Gasteiger partial charge in [-0.05, 0) is 25.2 Å². The summed E-state index contributed by atoms with van der Waals surface area (Å²) in [5, 5.41) is 17.3. The van der Waals surface area contributed by atoms with E-state index >= 15 is 0 Å². The molecule has 0 bridgehead atoms. The predicted octanol–water partition coefficient (Wildman–Crippen LogP) is 0.334. The van der Waals surface area contributed by atoms with Crippen LogP contribution in [0.1, 0.15) is 5.56 Å². The standard InChI is InChI=1S/C12H18N4O2S/c1-9-4-5-10(8-11(9)16(17)18)14-12(19)13-6-7-15(2)3/h4-5,8H,6-7H2,1-3H3,(H2,13,14,19)/p+1. The molecule has 0 spiro atoms. The number of nitrogens with zero attached hydrogens (tertiary/aromatic N) is 1. The van der Waals surface area contributed by atoms with Crippen LogP contribution < -0.4 is 15.5 Å². The molecule has 0 amide bonds. The molecule has 1 aromatic rings. The Morgan fingerprint density at radius 2 is 2.16 bits per heavy atom. The van der Waals surface area contributed by atoms with Crippen molar-refractivity contribution in [2.45, 2.75) is 6.92 Å². The first kappa shape index (κ1) is 15.3. The van der Waals surface area contributed by atoms with Gasteiger partial charge in [0.05, 0.1) is 32.1 Å². The molecular weight excluding hydrogens is 264 g/mol. The third kappa shape index (κ3) is 5.19. The van der Waals surface area contributed by atoms with Crippen LogP contribution in [0.3, 0.4) is 0 Å². The lowest BCUT2D eigenvalue weighted by molar-refractivity contribution is -0.856. The topological polar surface area (TPSA) is 71.6 Å². The van der Waals surface area contributed by atoms with E-state index in [1.165, 1.54) is 11.0 Å². The van der Waals surface area contributed by atoms with Crippen molar-refractivity contribution in [3.8, 4) is 0 Å². The van der Waals surface area contributed by atoms with Crippen LogP contribution in [0.5, 0.6) is 0 Å². The molecule has 0 heterocycles. The number of quaternary nitrogens is 1. The molecule has 6 nitrogen and oxygen atoms in total. The number of nitro groups is 1. The Kier molecular flexibility index (Phi) is 5.65. The van der Waals surface area contributed by atoms with Crippen LogP contribution in [0.2, 0.25) is 0 Å². The van der Waals surface area contributed by atoms with E-state index in [1.807, 2.05) is 0 Å². The van der Waals surface area contributed by atoms with E-state index in [-0.39, 0.29) is 5.69 Å². The minimum absolute atomic E-state index is 0.0885. The van der Waals surface area contributed by atoms with Crippen LogP contribution in [-0.2, 0) is 0 Å². The fourth-order valence-electron chi connectivity index (χ4n) is 1.49. The number of hydrogen-bond acceptors (Lipinski definition) is 3. The SMILES string of the molecule is Cc1ccc(NC(=S)NCC[NH+](C)C)cc1[N+](=O)[O-]. The highest BCUT2D eigenvalue weighted by atomic mass is 32.1. The Morgan fingerprint density at radius 1 is 1.47 bits per heavy atom. The molecule has 0 aliphatic heterocycles. The molecule has 7 heteroatoms. The maximum atomic E-state index is 10.8. The third-order valence-electron chi connectivity index (χ3n) is 2.57. The summed E-state index contributed by atoms with van der Waals surface area (Å²) >= 11 is 5.13.